The van der Waals surface area contributed by atoms with Gasteiger partial charge in [0.05, 0.1) is 38.3 Å². The highest BCUT2D eigenvalue weighted by atomic mass is 35.5. The van der Waals surface area contributed by atoms with Crippen LogP contribution in [-0.4, -0.2) is 125 Å². The summed E-state index contributed by atoms with van der Waals surface area (Å²) in [7, 11) is -11.3. The largest absolute Gasteiger partial charge is 0.355 e. The average Bonchev–Trinajstić information content (AvgIpc) is 1.51. The van der Waals surface area contributed by atoms with Gasteiger partial charge in [-0.15, -0.1) is 29.1 Å². The van der Waals surface area contributed by atoms with Crippen LogP contribution in [0.1, 0.15) is 134 Å². The zero-order valence-electron chi connectivity index (χ0n) is 57.5. The van der Waals surface area contributed by atoms with E-state index in [1.807, 2.05) is 43.3 Å². The summed E-state index contributed by atoms with van der Waals surface area (Å²) < 4.78 is 73.5. The van der Waals surface area contributed by atoms with E-state index in [4.69, 9.17) is 39.9 Å². The van der Waals surface area contributed by atoms with E-state index in [1.54, 1.807) is 66.2 Å². The number of amides is 1. The van der Waals surface area contributed by atoms with Crippen LogP contribution in [-0.2, 0) is 34.9 Å². The molecule has 0 radical (unpaired) electrons. The van der Waals surface area contributed by atoms with Crippen LogP contribution < -0.4 is 46.9 Å². The summed E-state index contributed by atoms with van der Waals surface area (Å²) in [5.74, 6) is 10.9. The molecule has 4 aliphatic rings. The summed E-state index contributed by atoms with van der Waals surface area (Å²) in [5.41, 5.74) is 7.02. The van der Waals surface area contributed by atoms with E-state index < -0.39 is 30.1 Å². The van der Waals surface area contributed by atoms with Crippen molar-refractivity contribution in [1.82, 2.24) is 90.7 Å². The van der Waals surface area contributed by atoms with Gasteiger partial charge in [0, 0.05) is 125 Å². The normalized spacial score (nSPS) is 14.0. The van der Waals surface area contributed by atoms with Gasteiger partial charge in [-0.1, -0.05) is 47.8 Å². The molecular formula is C69H85Cl2N25O7S5. The minimum Gasteiger partial charge on any atom is -0.355 e. The van der Waals surface area contributed by atoms with Crippen molar-refractivity contribution < 1.29 is 41.5 Å². The maximum Gasteiger partial charge on any atom is 0.250 e. The van der Waals surface area contributed by atoms with Crippen molar-refractivity contribution in [3.63, 3.8) is 0 Å². The van der Waals surface area contributed by atoms with Gasteiger partial charge in [0.1, 0.15) is 25.0 Å². The molecule has 16 rings (SSSR count). The van der Waals surface area contributed by atoms with E-state index in [0.717, 1.165) is 68.1 Å². The first-order valence-electron chi connectivity index (χ1n) is 33.5. The predicted octanol–water partition coefficient (Wildman–Crippen LogP) is 14.1. The SMILES string of the molecule is C#Cc1cnc(-c2ccc(C(=C)C)s2)nc1Nc1cc(C2CC2)[nH]n1.CC(=O)NCCNS(=O)(=O)c1ccc(-c2ncc(Cl)c(Nc3cc(C4CC4)[nH]n3)n2)s1.NS(=O)(=O)c1ccc(-c2ncc(Cl)c(Nc3cc(C4CC4)[nH]n3)n2)cc1.NS(=O)(=O)c1ccccc1Nc1nccc(Nc2cc(C3CC3)[nH]n2)n1.[HH].[HH].[HH].[HH].[HH].[HH].[HH].[HH]. The molecular weight excluding hydrogens is 1520 g/mol. The number of H-pyrrole nitrogens is 4. The van der Waals surface area contributed by atoms with Gasteiger partial charge in [0.2, 0.25) is 41.9 Å². The standard InChI is InChI=1S/C19H17N5S.C18H20ClN7O3S2.C16H15ClN6O2S.C16H17N7O2S.8H2/c1-4-12-10-20-19(16-8-7-15(25-16)11(2)3)22-18(12)21-17-9-14(23-24-17)13-5-6-13;1-10(27)20-6-7-22-31(28,29)16-5-4-14(30-16)18-21-9-12(19)17(24-18)23-15-8-13(25-26-15)11-2-3-11;17-12-8-19-15(10-3-5-11(6-4-10)26(18,24)25)21-16(12)20-14-7-13(22-23-14)9-1-2-9;17-26(24,25)13-4-2-1-3-11(13)19-16-18-8-7-14(21-16)20-15-9-12(22-23-15)10-5-6-10;;;;;;;;/h1,7-10,13H,2,5-6H2,3H3,(H2,20,21,22,23,24);4-5,8-9,11,22H,2-3,6-7H2,1H3,(H,20,27)(H2,21,23,24,25,26);3-9H,1-2H2,(H2,18,24,25)(H2,19,20,21,22,23);1-4,7-10H,5-6H2,(H2,17,24,25)(H3,18,19,20,21,22,23);8*1H. The lowest BCUT2D eigenvalue weighted by Gasteiger charge is -2.10. The molecule has 39 heteroatoms. The van der Waals surface area contributed by atoms with Gasteiger partial charge in [0.25, 0.3) is 0 Å². The van der Waals surface area contributed by atoms with Gasteiger partial charge in [-0.25, -0.2) is 75.1 Å². The first-order valence-corrected chi connectivity index (χ1v) is 40.4. The van der Waals surface area contributed by atoms with Crippen LogP contribution in [0.2, 0.25) is 10.0 Å². The molecule has 0 bridgehead atoms. The van der Waals surface area contributed by atoms with Crippen molar-refractivity contribution in [1.29, 1.82) is 0 Å². The molecule has 10 heterocycles. The van der Waals surface area contributed by atoms with E-state index in [0.29, 0.717) is 114 Å². The molecule has 4 saturated carbocycles. The Morgan fingerprint density at radius 2 is 1.06 bits per heavy atom. The van der Waals surface area contributed by atoms with Crippen LogP contribution in [0, 0.1) is 12.3 Å². The Balaban J connectivity index is 0.000000270. The van der Waals surface area contributed by atoms with Crippen LogP contribution >= 0.6 is 45.9 Å². The van der Waals surface area contributed by atoms with Gasteiger partial charge in [-0.3, -0.25) is 25.2 Å². The predicted molar refractivity (Wildman–Crippen MR) is 431 cm³/mol. The van der Waals surface area contributed by atoms with Crippen molar-refractivity contribution in [3.05, 3.63) is 178 Å². The number of thiophene rings is 2. The Morgan fingerprint density at radius 1 is 0.565 bits per heavy atom. The maximum absolute atomic E-state index is 12.4. The first-order chi connectivity index (χ1) is 51.8. The van der Waals surface area contributed by atoms with E-state index in [2.05, 4.69) is 130 Å². The number of anilines is 10. The van der Waals surface area contributed by atoms with Crippen LogP contribution in [0.25, 0.3) is 38.4 Å². The van der Waals surface area contributed by atoms with Crippen molar-refractivity contribution in [2.45, 2.75) is 103 Å². The summed E-state index contributed by atoms with van der Waals surface area (Å²) >= 11 is 15.1. The number of rotatable bonds is 25. The fourth-order valence-corrected chi connectivity index (χ4v) is 15.1. The second-order valence-electron chi connectivity index (χ2n) is 25.3. The van der Waals surface area contributed by atoms with Gasteiger partial charge >= 0.3 is 0 Å². The minimum atomic E-state index is -3.86. The van der Waals surface area contributed by atoms with Crippen molar-refractivity contribution >= 4 is 146 Å². The number of sulfonamides is 3. The average molecular weight is 1610 g/mol. The molecule has 108 heavy (non-hydrogen) atoms. The maximum atomic E-state index is 12.4. The first kappa shape index (κ1) is 75.3. The number of benzene rings is 2. The number of carbonyl (C=O) groups excluding carboxylic acids is 1. The second-order valence-corrected chi connectivity index (χ2v) is 33.3. The van der Waals surface area contributed by atoms with Gasteiger partial charge in [0.15, 0.2) is 58.2 Å². The van der Waals surface area contributed by atoms with Gasteiger partial charge in [-0.2, -0.15) is 25.4 Å². The lowest BCUT2D eigenvalue weighted by Crippen LogP contribution is -2.33. The zero-order valence-corrected chi connectivity index (χ0v) is 63.1. The van der Waals surface area contributed by atoms with Crippen molar-refractivity contribution in [2.24, 2.45) is 10.3 Å². The summed E-state index contributed by atoms with van der Waals surface area (Å²) in [6.07, 6.45) is 21.2. The molecule has 0 atom stereocenters. The fourth-order valence-electron chi connectivity index (χ4n) is 10.4. The quantitative estimate of drug-likeness (QED) is 0.0187. The third-order valence-electron chi connectivity index (χ3n) is 16.5. The third-order valence-corrected chi connectivity index (χ3v) is 23.3. The molecule has 32 nitrogen and oxygen atoms in total. The third kappa shape index (κ3) is 20.0. The molecule has 0 saturated heterocycles. The highest BCUT2D eigenvalue weighted by molar-refractivity contribution is 7.91. The van der Waals surface area contributed by atoms with E-state index >= 15 is 0 Å². The Hall–Kier alpha value is -10.9. The monoisotopic (exact) mass is 1610 g/mol. The van der Waals surface area contributed by atoms with Crippen LogP contribution in [0.5, 0.6) is 0 Å². The number of hydrogen-bond donors (Lipinski definition) is 13. The number of para-hydroxylation sites is 1. The highest BCUT2D eigenvalue weighted by Crippen LogP contribution is 2.43. The highest BCUT2D eigenvalue weighted by Gasteiger charge is 2.30. The summed E-state index contributed by atoms with van der Waals surface area (Å²) in [6, 6.07) is 29.0. The molecule has 0 unspecified atom stereocenters. The fraction of sp³-hybridized carbons (Fsp3) is 0.232. The number of halogens is 2. The number of aromatic nitrogens is 16. The number of nitrogens with zero attached hydrogens (tertiary/aromatic N) is 12. The van der Waals surface area contributed by atoms with Gasteiger partial charge < -0.3 is 31.9 Å². The number of allylic oxidation sites excluding steroid dienone is 1. The Kier molecular flexibility index (Phi) is 22.8. The lowest BCUT2D eigenvalue weighted by molar-refractivity contribution is -0.118. The van der Waals surface area contributed by atoms with Crippen LogP contribution in [0.15, 0.2) is 148 Å². The van der Waals surface area contributed by atoms with E-state index in [1.165, 1.54) is 82.1 Å². The molecule has 2 aromatic carbocycles. The summed E-state index contributed by atoms with van der Waals surface area (Å²) in [6.45, 7) is 7.62. The number of carbonyl (C=O) groups is 1. The molecule has 15 N–H and O–H groups in total. The Labute approximate surface area is 649 Å². The van der Waals surface area contributed by atoms with E-state index in [-0.39, 0.29) is 50.4 Å². The molecule has 0 spiro atoms. The minimum absolute atomic E-state index is 0. The van der Waals surface area contributed by atoms with Crippen LogP contribution in [0.4, 0.5) is 58.2 Å². The number of primary sulfonamides is 2. The number of terminal acetylenes is 1. The number of nitrogens with one attached hydrogen (secondary N) is 11. The molecule has 10 aromatic heterocycles. The van der Waals surface area contributed by atoms with Gasteiger partial charge in [-0.05, 0) is 131 Å². The zero-order chi connectivity index (χ0) is 75.9. The van der Waals surface area contributed by atoms with Crippen molar-refractivity contribution in [2.75, 3.05) is 39.7 Å². The Morgan fingerprint density at radius 3 is 1.56 bits per heavy atom. The summed E-state index contributed by atoms with van der Waals surface area (Å²) in [4.78, 5) is 48.3. The second kappa shape index (κ2) is 32.7. The topological polar surface area (TPSA) is 474 Å². The smallest absolute Gasteiger partial charge is 0.250 e. The molecule has 4 fully saturated rings. The lowest BCUT2D eigenvalue weighted by atomic mass is 10.2. The number of aromatic amines is 4. The molecule has 12 aromatic rings. The summed E-state index contributed by atoms with van der Waals surface area (Å²) in [5, 5.41) is 58.0. The number of hydrogen-bond acceptors (Lipinski definition) is 26. The number of nitrogens with two attached hydrogens (primary N) is 2. The molecule has 572 valence electrons. The Bertz CT molecular complexity index is 5730. The molecule has 0 aliphatic heterocycles. The van der Waals surface area contributed by atoms with E-state index in [9.17, 15) is 30.0 Å². The van der Waals surface area contributed by atoms with Crippen LogP contribution in [0.3, 0.4) is 0 Å². The molecule has 4 aliphatic carbocycles. The van der Waals surface area contributed by atoms with Crippen molar-refractivity contribution in [3.8, 4) is 45.1 Å². The molecule has 1 amide bonds.